The molecule has 15 heteroatoms. The van der Waals surface area contributed by atoms with Crippen molar-refractivity contribution in [3.63, 3.8) is 0 Å². The van der Waals surface area contributed by atoms with Gasteiger partial charge in [-0.3, -0.25) is 9.80 Å². The molecule has 0 unspecified atom stereocenters. The molecule has 0 saturated carbocycles. The minimum atomic E-state index is -2.24. The third-order valence-corrected chi connectivity index (χ3v) is 16.0. The Morgan fingerprint density at radius 2 is 1.79 bits per heavy atom. The largest absolute Gasteiger partial charge is 0.461 e. The fourth-order valence-electron chi connectivity index (χ4n) is 7.58. The smallest absolute Gasteiger partial charge is 0.410 e. The molecule has 6 heterocycles. The maximum atomic E-state index is 15.8. The first kappa shape index (κ1) is 35.8. The molecule has 0 aromatic carbocycles. The molecule has 2 bridgehead atoms. The van der Waals surface area contributed by atoms with Crippen LogP contribution in [0.2, 0.25) is 28.4 Å². The number of ether oxygens (including phenoxy) is 2. The van der Waals surface area contributed by atoms with Crippen molar-refractivity contribution in [1.29, 1.82) is 0 Å². The van der Waals surface area contributed by atoms with Gasteiger partial charge in [0, 0.05) is 19.5 Å². The van der Waals surface area contributed by atoms with Crippen LogP contribution >= 0.6 is 23.2 Å². The summed E-state index contributed by atoms with van der Waals surface area (Å²) in [4.78, 5) is 33.1. The van der Waals surface area contributed by atoms with Crippen LogP contribution in [-0.2, 0) is 9.16 Å². The van der Waals surface area contributed by atoms with Gasteiger partial charge in [0.25, 0.3) is 0 Å². The number of fused-ring (bicyclic) bond motifs is 4. The van der Waals surface area contributed by atoms with Gasteiger partial charge in [-0.1, -0.05) is 44.0 Å². The summed E-state index contributed by atoms with van der Waals surface area (Å²) < 4.78 is 49.2. The van der Waals surface area contributed by atoms with E-state index >= 15 is 4.39 Å². The van der Waals surface area contributed by atoms with Crippen molar-refractivity contribution in [2.45, 2.75) is 127 Å². The zero-order chi connectivity index (χ0) is 35.0. The Balaban J connectivity index is 1.42. The van der Waals surface area contributed by atoms with Gasteiger partial charge in [0.05, 0.1) is 35.7 Å². The zero-order valence-electron chi connectivity index (χ0n) is 29.2. The number of anilines is 1. The molecular formula is C33H48Cl2F2N6O4Si. The Hall–Kier alpha value is -2.06. The van der Waals surface area contributed by atoms with Gasteiger partial charge in [0.15, 0.2) is 19.3 Å². The highest BCUT2D eigenvalue weighted by molar-refractivity contribution is 6.74. The average Bonchev–Trinajstić information content (AvgIpc) is 3.61. The van der Waals surface area contributed by atoms with E-state index in [9.17, 15) is 9.18 Å². The fraction of sp³-hybridized carbons (Fsp3) is 0.758. The van der Waals surface area contributed by atoms with Crippen LogP contribution in [0, 0.1) is 5.82 Å². The fourth-order valence-corrected chi connectivity index (χ4v) is 9.08. The molecule has 4 saturated heterocycles. The first-order valence-electron chi connectivity index (χ1n) is 17.0. The Bertz CT molecular complexity index is 1580. The number of carbonyl (C=O) groups excluding carboxylic acids is 1. The van der Waals surface area contributed by atoms with Crippen LogP contribution in [0.3, 0.4) is 0 Å². The van der Waals surface area contributed by atoms with E-state index in [1.54, 1.807) is 0 Å². The summed E-state index contributed by atoms with van der Waals surface area (Å²) in [7, 11) is -2.24. The highest BCUT2D eigenvalue weighted by Gasteiger charge is 2.52. The molecule has 0 aliphatic carbocycles. The summed E-state index contributed by atoms with van der Waals surface area (Å²) in [6, 6.07) is -0.896. The summed E-state index contributed by atoms with van der Waals surface area (Å²) in [5.74, 6) is -0.498. The quantitative estimate of drug-likeness (QED) is 0.214. The van der Waals surface area contributed by atoms with E-state index < -0.39 is 36.6 Å². The Morgan fingerprint density at radius 3 is 2.48 bits per heavy atom. The summed E-state index contributed by atoms with van der Waals surface area (Å²) in [5, 5.41) is -0.302. The lowest BCUT2D eigenvalue weighted by atomic mass is 9.95. The second kappa shape index (κ2) is 12.6. The van der Waals surface area contributed by atoms with Crippen LogP contribution in [0.4, 0.5) is 19.4 Å². The highest BCUT2D eigenvalue weighted by Crippen LogP contribution is 2.44. The maximum Gasteiger partial charge on any atom is 0.410 e. The molecule has 1 amide bonds. The predicted molar refractivity (Wildman–Crippen MR) is 185 cm³/mol. The van der Waals surface area contributed by atoms with Crippen molar-refractivity contribution < 1.29 is 27.5 Å². The molecule has 4 fully saturated rings. The van der Waals surface area contributed by atoms with Gasteiger partial charge in [0.2, 0.25) is 0 Å². The van der Waals surface area contributed by atoms with Gasteiger partial charge in [-0.15, -0.1) is 0 Å². The molecule has 10 nitrogen and oxygen atoms in total. The van der Waals surface area contributed by atoms with E-state index in [0.717, 1.165) is 32.2 Å². The number of carbonyl (C=O) groups is 1. The minimum absolute atomic E-state index is 0.0411. The highest BCUT2D eigenvalue weighted by atomic mass is 35.5. The van der Waals surface area contributed by atoms with Gasteiger partial charge in [-0.25, -0.2) is 18.6 Å². The summed E-state index contributed by atoms with van der Waals surface area (Å²) in [6.45, 7) is 18.5. The second-order valence-electron chi connectivity index (χ2n) is 16.4. The second-order valence-corrected chi connectivity index (χ2v) is 21.9. The van der Waals surface area contributed by atoms with Crippen molar-refractivity contribution in [3.8, 4) is 6.01 Å². The molecule has 4 aliphatic heterocycles. The number of piperazine rings is 1. The number of rotatable bonds is 7. The summed E-state index contributed by atoms with van der Waals surface area (Å²) in [6.07, 6.45) is 2.29. The normalized spacial score (nSPS) is 28.0. The summed E-state index contributed by atoms with van der Waals surface area (Å²) >= 11 is 12.9. The third-order valence-electron chi connectivity index (χ3n) is 11.0. The zero-order valence-corrected chi connectivity index (χ0v) is 31.7. The number of nitrogens with zero attached hydrogens (tertiary/aromatic N) is 6. The predicted octanol–water partition coefficient (Wildman–Crippen LogP) is 7.40. The van der Waals surface area contributed by atoms with E-state index in [1.165, 1.54) is 0 Å². The van der Waals surface area contributed by atoms with E-state index in [-0.39, 0.29) is 57.9 Å². The molecule has 0 spiro atoms. The maximum absolute atomic E-state index is 15.8. The first-order chi connectivity index (χ1) is 22.3. The van der Waals surface area contributed by atoms with Gasteiger partial charge in [-0.2, -0.15) is 9.97 Å². The van der Waals surface area contributed by atoms with Gasteiger partial charge in [0.1, 0.15) is 34.9 Å². The number of amides is 1. The number of hydrogen-bond donors (Lipinski definition) is 0. The molecule has 4 aliphatic rings. The van der Waals surface area contributed by atoms with E-state index in [2.05, 4.69) is 53.6 Å². The number of pyridine rings is 1. The number of halogens is 4. The lowest BCUT2D eigenvalue weighted by Gasteiger charge is -2.48. The lowest BCUT2D eigenvalue weighted by Crippen LogP contribution is -2.64. The molecular weight excluding hydrogens is 681 g/mol. The average molecular weight is 730 g/mol. The topological polar surface area (TPSA) is 93.1 Å². The van der Waals surface area contributed by atoms with Crippen molar-refractivity contribution in [2.75, 3.05) is 37.7 Å². The monoisotopic (exact) mass is 728 g/mol. The van der Waals surface area contributed by atoms with Crippen LogP contribution in [-0.4, -0.2) is 107 Å². The number of aromatic nitrogens is 3. The third kappa shape index (κ3) is 6.58. The standard InChI is InChI=1S/C33H48Cl2F2N6O4Si/c1-31(2,3)47-30(44)43-20-10-11-21(43)22(17-46-48(7,8)32(4,5)6)42(16-20)28-23-25(24(37)27(35)39-26(23)34)38-29(40-28)45-18-33-12-9-13-41(33)15-19(36)14-33/h19-22H,9-18H2,1-8H3/t19-,20+,21-,22+,33+/m1/s1. The number of alkyl halides is 1. The molecule has 266 valence electrons. The molecule has 0 N–H and O–H groups in total. The van der Waals surface area contributed by atoms with Crippen LogP contribution in [0.25, 0.3) is 10.9 Å². The molecule has 2 aromatic rings. The molecule has 48 heavy (non-hydrogen) atoms. The summed E-state index contributed by atoms with van der Waals surface area (Å²) in [5.41, 5.74) is -1.23. The van der Waals surface area contributed by atoms with Crippen molar-refractivity contribution in [3.05, 3.63) is 16.1 Å². The van der Waals surface area contributed by atoms with E-state index in [1.807, 2.05) is 25.7 Å². The SMILES string of the molecule is CC(C)(C)OC(=O)N1[C@H]2CC[C@@H]1[C@H](CO[Si](C)(C)C(C)(C)C)N(c1nc(OC[C@@]34CCCN3C[C@H](F)C4)nc3c(F)c(Cl)nc(Cl)c13)C2. The van der Waals surface area contributed by atoms with E-state index in [4.69, 9.17) is 42.1 Å². The van der Waals surface area contributed by atoms with Crippen molar-refractivity contribution >= 4 is 54.3 Å². The minimum Gasteiger partial charge on any atom is -0.461 e. The molecule has 6 rings (SSSR count). The Morgan fingerprint density at radius 1 is 1.06 bits per heavy atom. The molecule has 2 aromatic heterocycles. The Kier molecular flexibility index (Phi) is 9.39. The molecule has 5 atom stereocenters. The van der Waals surface area contributed by atoms with Crippen molar-refractivity contribution in [2.24, 2.45) is 0 Å². The van der Waals surface area contributed by atoms with Crippen LogP contribution in [0.15, 0.2) is 0 Å². The molecule has 0 radical (unpaired) electrons. The van der Waals surface area contributed by atoms with Gasteiger partial charge in [-0.05, 0) is 71.1 Å². The number of hydrogen-bond acceptors (Lipinski definition) is 9. The first-order valence-corrected chi connectivity index (χ1v) is 20.6. The van der Waals surface area contributed by atoms with Crippen LogP contribution < -0.4 is 9.64 Å². The van der Waals surface area contributed by atoms with Crippen LogP contribution in [0.1, 0.15) is 73.6 Å². The van der Waals surface area contributed by atoms with Crippen molar-refractivity contribution in [1.82, 2.24) is 24.8 Å². The van der Waals surface area contributed by atoms with Gasteiger partial charge < -0.3 is 18.8 Å². The Labute approximate surface area is 292 Å². The van der Waals surface area contributed by atoms with Crippen LogP contribution in [0.5, 0.6) is 6.01 Å². The van der Waals surface area contributed by atoms with E-state index in [0.29, 0.717) is 31.9 Å². The van der Waals surface area contributed by atoms with Gasteiger partial charge >= 0.3 is 12.1 Å². The lowest BCUT2D eigenvalue weighted by molar-refractivity contribution is 0.00490.